The lowest BCUT2D eigenvalue weighted by Crippen LogP contribution is -2.32. The van der Waals surface area contributed by atoms with Crippen LogP contribution in [0.5, 0.6) is 0 Å². The third-order valence-corrected chi connectivity index (χ3v) is 5.65. The number of pyridine rings is 1. The second kappa shape index (κ2) is 6.10. The first kappa shape index (κ1) is 15.6. The molecule has 1 amide bonds. The smallest absolute Gasteiger partial charge is 0.248 e. The molecule has 7 heteroatoms. The van der Waals surface area contributed by atoms with Crippen molar-refractivity contribution in [3.05, 3.63) is 59.9 Å². The number of carbonyl (C=O) groups is 1. The number of primary amides is 1. The van der Waals surface area contributed by atoms with Gasteiger partial charge < -0.3 is 5.73 Å². The van der Waals surface area contributed by atoms with Gasteiger partial charge in [0.05, 0.1) is 0 Å². The molecule has 1 aliphatic carbocycles. The molecule has 1 aromatic carbocycles. The molecule has 0 atom stereocenters. The van der Waals surface area contributed by atoms with Crippen LogP contribution in [0.4, 0.5) is 0 Å². The Kier molecular flexibility index (Phi) is 4.14. The highest BCUT2D eigenvalue weighted by molar-refractivity contribution is 7.89. The van der Waals surface area contributed by atoms with E-state index in [0.717, 1.165) is 18.4 Å². The largest absolute Gasteiger partial charge is 0.366 e. The number of rotatable bonds is 6. The average molecular weight is 331 g/mol. The predicted octanol–water partition coefficient (Wildman–Crippen LogP) is 1.53. The summed E-state index contributed by atoms with van der Waals surface area (Å²) in [6.45, 7) is 0.265. The van der Waals surface area contributed by atoms with Gasteiger partial charge in [-0.2, -0.15) is 4.31 Å². The number of hydrogen-bond donors (Lipinski definition) is 1. The van der Waals surface area contributed by atoms with Crippen LogP contribution in [0, 0.1) is 0 Å². The van der Waals surface area contributed by atoms with E-state index in [9.17, 15) is 13.2 Å². The van der Waals surface area contributed by atoms with E-state index < -0.39 is 15.9 Å². The van der Waals surface area contributed by atoms with E-state index in [1.807, 2.05) is 0 Å². The van der Waals surface area contributed by atoms with E-state index in [2.05, 4.69) is 4.98 Å². The molecular formula is C16H17N3O3S. The van der Waals surface area contributed by atoms with Gasteiger partial charge in [-0.3, -0.25) is 9.78 Å². The average Bonchev–Trinajstić information content (AvgIpc) is 3.38. The molecule has 2 N–H and O–H groups in total. The fourth-order valence-corrected chi connectivity index (χ4v) is 4.00. The lowest BCUT2D eigenvalue weighted by Gasteiger charge is -2.22. The number of sulfonamides is 1. The third kappa shape index (κ3) is 3.40. The summed E-state index contributed by atoms with van der Waals surface area (Å²) >= 11 is 0. The molecule has 1 heterocycles. The summed E-state index contributed by atoms with van der Waals surface area (Å²) in [6, 6.07) is 9.87. The van der Waals surface area contributed by atoms with Crippen molar-refractivity contribution in [2.45, 2.75) is 30.3 Å². The van der Waals surface area contributed by atoms with Crippen LogP contribution in [0.25, 0.3) is 0 Å². The Labute approximate surface area is 135 Å². The van der Waals surface area contributed by atoms with Gasteiger partial charge in [-0.25, -0.2) is 8.42 Å². The molecule has 1 aliphatic rings. The molecule has 0 radical (unpaired) electrons. The number of nitrogens with two attached hydrogens (primary N) is 1. The molecule has 120 valence electrons. The summed E-state index contributed by atoms with van der Waals surface area (Å²) in [5.41, 5.74) is 6.44. The minimum absolute atomic E-state index is 0.0241. The van der Waals surface area contributed by atoms with Crippen molar-refractivity contribution < 1.29 is 13.2 Å². The molecule has 0 spiro atoms. The molecule has 0 saturated heterocycles. The summed E-state index contributed by atoms with van der Waals surface area (Å²) in [7, 11) is -3.58. The molecule has 2 aromatic rings. The molecule has 6 nitrogen and oxygen atoms in total. The first-order valence-corrected chi connectivity index (χ1v) is 8.73. The fourth-order valence-electron chi connectivity index (χ4n) is 2.36. The van der Waals surface area contributed by atoms with Gasteiger partial charge in [-0.1, -0.05) is 12.1 Å². The summed E-state index contributed by atoms with van der Waals surface area (Å²) in [6.07, 6.45) is 4.63. The zero-order valence-corrected chi connectivity index (χ0v) is 13.2. The lowest BCUT2D eigenvalue weighted by molar-refractivity contribution is 0.1000. The quantitative estimate of drug-likeness (QED) is 0.868. The summed E-state index contributed by atoms with van der Waals surface area (Å²) < 4.78 is 27.1. The maximum atomic E-state index is 12.8. The van der Waals surface area contributed by atoms with Crippen LogP contribution in [0.3, 0.4) is 0 Å². The van der Waals surface area contributed by atoms with Gasteiger partial charge in [0.2, 0.25) is 15.9 Å². The number of amides is 1. The Balaban J connectivity index is 1.87. The van der Waals surface area contributed by atoms with E-state index in [-0.39, 0.29) is 17.5 Å². The molecule has 1 aromatic heterocycles. The Morgan fingerprint density at radius 3 is 2.43 bits per heavy atom. The monoisotopic (exact) mass is 331 g/mol. The molecule has 0 aliphatic heterocycles. The van der Waals surface area contributed by atoms with E-state index in [1.54, 1.807) is 42.6 Å². The number of benzene rings is 1. The second-order valence-corrected chi connectivity index (χ2v) is 7.42. The van der Waals surface area contributed by atoms with Crippen molar-refractivity contribution >= 4 is 15.9 Å². The normalized spacial score (nSPS) is 14.8. The molecule has 0 unspecified atom stereocenters. The Bertz CT molecular complexity index is 800. The maximum absolute atomic E-state index is 12.8. The van der Waals surface area contributed by atoms with Gasteiger partial charge in [0.15, 0.2) is 0 Å². The SMILES string of the molecule is NC(=O)c1ccc(CN(C2CC2)S(=O)(=O)c2cccnc2)cc1. The third-order valence-electron chi connectivity index (χ3n) is 3.77. The van der Waals surface area contributed by atoms with Crippen LogP contribution in [0.1, 0.15) is 28.8 Å². The van der Waals surface area contributed by atoms with E-state index >= 15 is 0 Å². The molecule has 3 rings (SSSR count). The highest BCUT2D eigenvalue weighted by Gasteiger charge is 2.38. The highest BCUT2D eigenvalue weighted by Crippen LogP contribution is 2.33. The standard InChI is InChI=1S/C16H17N3O3S/c17-16(20)13-5-3-12(4-6-13)11-19(14-7-8-14)23(21,22)15-2-1-9-18-10-15/h1-6,9-10,14H,7-8,11H2,(H2,17,20). The van der Waals surface area contributed by atoms with Gasteiger partial charge in [0.1, 0.15) is 4.90 Å². The molecular weight excluding hydrogens is 314 g/mol. The Morgan fingerprint density at radius 1 is 1.22 bits per heavy atom. The zero-order valence-electron chi connectivity index (χ0n) is 12.4. The topological polar surface area (TPSA) is 93.4 Å². The first-order chi connectivity index (χ1) is 11.0. The minimum Gasteiger partial charge on any atom is -0.366 e. The second-order valence-electron chi connectivity index (χ2n) is 5.53. The van der Waals surface area contributed by atoms with E-state index in [0.29, 0.717) is 5.56 Å². The zero-order chi connectivity index (χ0) is 16.4. The summed E-state index contributed by atoms with van der Waals surface area (Å²) in [5.74, 6) is -0.501. The molecule has 1 fully saturated rings. The number of nitrogens with zero attached hydrogens (tertiary/aromatic N) is 2. The molecule has 1 saturated carbocycles. The molecule has 23 heavy (non-hydrogen) atoms. The van der Waals surface area contributed by atoms with E-state index in [4.69, 9.17) is 5.73 Å². The van der Waals surface area contributed by atoms with Gasteiger partial charge in [-0.05, 0) is 42.7 Å². The van der Waals surface area contributed by atoms with Crippen molar-refractivity contribution in [1.29, 1.82) is 0 Å². The fraction of sp³-hybridized carbons (Fsp3) is 0.250. The minimum atomic E-state index is -3.58. The van der Waals surface area contributed by atoms with Crippen molar-refractivity contribution in [3.63, 3.8) is 0 Å². The van der Waals surface area contributed by atoms with Crippen molar-refractivity contribution in [3.8, 4) is 0 Å². The lowest BCUT2D eigenvalue weighted by atomic mass is 10.1. The first-order valence-electron chi connectivity index (χ1n) is 7.29. The number of aromatic nitrogens is 1. The van der Waals surface area contributed by atoms with Crippen LogP contribution in [-0.4, -0.2) is 29.7 Å². The van der Waals surface area contributed by atoms with Crippen molar-refractivity contribution in [2.75, 3.05) is 0 Å². The van der Waals surface area contributed by atoms with Crippen LogP contribution in [0.2, 0.25) is 0 Å². The summed E-state index contributed by atoms with van der Waals surface area (Å²) in [4.78, 5) is 15.2. The summed E-state index contributed by atoms with van der Waals surface area (Å²) in [5, 5.41) is 0. The molecule has 0 bridgehead atoms. The number of hydrogen-bond acceptors (Lipinski definition) is 4. The van der Waals surface area contributed by atoms with Gasteiger partial charge in [-0.15, -0.1) is 0 Å². The Hall–Kier alpha value is -2.25. The number of carbonyl (C=O) groups excluding carboxylic acids is 1. The maximum Gasteiger partial charge on any atom is 0.248 e. The van der Waals surface area contributed by atoms with Crippen molar-refractivity contribution in [1.82, 2.24) is 9.29 Å². The van der Waals surface area contributed by atoms with Gasteiger partial charge in [0.25, 0.3) is 0 Å². The van der Waals surface area contributed by atoms with Gasteiger partial charge >= 0.3 is 0 Å². The van der Waals surface area contributed by atoms with Crippen LogP contribution in [-0.2, 0) is 16.6 Å². The van der Waals surface area contributed by atoms with Crippen LogP contribution in [0.15, 0.2) is 53.7 Å². The Morgan fingerprint density at radius 2 is 1.91 bits per heavy atom. The van der Waals surface area contributed by atoms with Gasteiger partial charge in [0, 0.05) is 30.5 Å². The predicted molar refractivity (Wildman–Crippen MR) is 84.9 cm³/mol. The van der Waals surface area contributed by atoms with Crippen LogP contribution >= 0.6 is 0 Å². The highest BCUT2D eigenvalue weighted by atomic mass is 32.2. The van der Waals surface area contributed by atoms with Crippen molar-refractivity contribution in [2.24, 2.45) is 5.73 Å². The van der Waals surface area contributed by atoms with E-state index in [1.165, 1.54) is 10.5 Å². The van der Waals surface area contributed by atoms with Crippen LogP contribution < -0.4 is 5.73 Å².